The van der Waals surface area contributed by atoms with Crippen LogP contribution in [0.2, 0.25) is 0 Å². The van der Waals surface area contributed by atoms with Crippen LogP contribution in [-0.4, -0.2) is 37.1 Å². The highest BCUT2D eigenvalue weighted by Gasteiger charge is 2.35. The van der Waals surface area contributed by atoms with E-state index in [1.165, 1.54) is 5.38 Å². The molecule has 1 aliphatic rings. The van der Waals surface area contributed by atoms with Crippen LogP contribution in [0.25, 0.3) is 0 Å². The van der Waals surface area contributed by atoms with Gasteiger partial charge >= 0.3 is 6.18 Å². The number of hydrogen-bond donors (Lipinski definition) is 1. The summed E-state index contributed by atoms with van der Waals surface area (Å²) in [5.41, 5.74) is 0.777. The third-order valence-electron chi connectivity index (χ3n) is 4.20. The first-order valence-corrected chi connectivity index (χ1v) is 9.17. The predicted molar refractivity (Wildman–Crippen MR) is 93.0 cm³/mol. The van der Waals surface area contributed by atoms with Crippen LogP contribution < -0.4 is 5.32 Å². The quantitative estimate of drug-likeness (QED) is 0.858. The minimum Gasteiger partial charge on any atom is -0.379 e. The normalized spacial score (nSPS) is 15.8. The van der Waals surface area contributed by atoms with E-state index in [-0.39, 0.29) is 12.1 Å². The van der Waals surface area contributed by atoms with Crippen molar-refractivity contribution in [3.05, 3.63) is 57.3 Å². The van der Waals surface area contributed by atoms with Crippen molar-refractivity contribution in [2.45, 2.75) is 19.3 Å². The Morgan fingerprint density at radius 1 is 1.12 bits per heavy atom. The summed E-state index contributed by atoms with van der Waals surface area (Å²) < 4.78 is 43.9. The summed E-state index contributed by atoms with van der Waals surface area (Å²) in [6.45, 7) is 4.31. The lowest BCUT2D eigenvalue weighted by Crippen LogP contribution is -2.35. The average Bonchev–Trinajstić information content (AvgIpc) is 3.12. The second kappa shape index (κ2) is 8.20. The second-order valence-electron chi connectivity index (χ2n) is 6.08. The van der Waals surface area contributed by atoms with Gasteiger partial charge in [-0.3, -0.25) is 9.69 Å². The van der Waals surface area contributed by atoms with E-state index >= 15 is 0 Å². The Bertz CT molecular complexity index is 738. The SMILES string of the molecule is O=C(NCc1ccc(CN2CCOCC2)cc1)c1cscc1C(F)(F)F. The van der Waals surface area contributed by atoms with Crippen molar-refractivity contribution < 1.29 is 22.7 Å². The van der Waals surface area contributed by atoms with Crippen molar-refractivity contribution in [3.63, 3.8) is 0 Å². The monoisotopic (exact) mass is 384 g/mol. The van der Waals surface area contributed by atoms with Crippen molar-refractivity contribution in [1.29, 1.82) is 0 Å². The molecule has 0 aliphatic carbocycles. The first-order chi connectivity index (χ1) is 12.4. The van der Waals surface area contributed by atoms with E-state index < -0.39 is 17.6 Å². The number of hydrogen-bond acceptors (Lipinski definition) is 4. The molecule has 1 aliphatic heterocycles. The number of amides is 1. The van der Waals surface area contributed by atoms with E-state index in [1.54, 1.807) is 0 Å². The maximum atomic E-state index is 12.9. The zero-order chi connectivity index (χ0) is 18.6. The van der Waals surface area contributed by atoms with Crippen LogP contribution >= 0.6 is 11.3 Å². The summed E-state index contributed by atoms with van der Waals surface area (Å²) >= 11 is 0.867. The van der Waals surface area contributed by atoms with Gasteiger partial charge in [0, 0.05) is 36.9 Å². The zero-order valence-corrected chi connectivity index (χ0v) is 14.8. The first-order valence-electron chi connectivity index (χ1n) is 8.23. The minimum atomic E-state index is -4.52. The first kappa shape index (κ1) is 18.9. The smallest absolute Gasteiger partial charge is 0.379 e. The number of morpholine rings is 1. The van der Waals surface area contributed by atoms with E-state index in [2.05, 4.69) is 10.2 Å². The van der Waals surface area contributed by atoms with Gasteiger partial charge in [-0.2, -0.15) is 24.5 Å². The van der Waals surface area contributed by atoms with Crippen LogP contribution in [0.4, 0.5) is 13.2 Å². The number of nitrogens with zero attached hydrogens (tertiary/aromatic N) is 1. The average molecular weight is 384 g/mol. The lowest BCUT2D eigenvalue weighted by Gasteiger charge is -2.26. The summed E-state index contributed by atoms with van der Waals surface area (Å²) in [6, 6.07) is 7.72. The van der Waals surface area contributed by atoms with Gasteiger partial charge < -0.3 is 10.1 Å². The molecular weight excluding hydrogens is 365 g/mol. The molecule has 0 saturated carbocycles. The molecule has 0 unspecified atom stereocenters. The van der Waals surface area contributed by atoms with Gasteiger partial charge in [-0.05, 0) is 11.1 Å². The standard InChI is InChI=1S/C18H19F3N2O2S/c19-18(20,21)16-12-26-11-15(16)17(24)22-9-13-1-3-14(4-2-13)10-23-5-7-25-8-6-23/h1-4,11-12H,5-10H2,(H,22,24). The van der Waals surface area contributed by atoms with E-state index in [4.69, 9.17) is 4.74 Å². The topological polar surface area (TPSA) is 41.6 Å². The Morgan fingerprint density at radius 3 is 2.42 bits per heavy atom. The number of benzene rings is 1. The van der Waals surface area contributed by atoms with Crippen molar-refractivity contribution in [1.82, 2.24) is 10.2 Å². The summed E-state index contributed by atoms with van der Waals surface area (Å²) in [6.07, 6.45) is -4.52. The molecule has 1 aromatic carbocycles. The van der Waals surface area contributed by atoms with Gasteiger partial charge in [-0.25, -0.2) is 0 Å². The van der Waals surface area contributed by atoms with Crippen LogP contribution in [0.5, 0.6) is 0 Å². The maximum absolute atomic E-state index is 12.9. The highest BCUT2D eigenvalue weighted by atomic mass is 32.1. The number of nitrogens with one attached hydrogen (secondary N) is 1. The number of rotatable bonds is 5. The molecule has 8 heteroatoms. The molecule has 3 rings (SSSR count). The van der Waals surface area contributed by atoms with Gasteiger partial charge in [0.2, 0.25) is 0 Å². The molecule has 1 fully saturated rings. The maximum Gasteiger partial charge on any atom is 0.417 e. The van der Waals surface area contributed by atoms with Gasteiger partial charge in [0.05, 0.1) is 24.3 Å². The fourth-order valence-corrected chi connectivity index (χ4v) is 3.58. The molecule has 1 aromatic heterocycles. The Morgan fingerprint density at radius 2 is 1.77 bits per heavy atom. The molecule has 1 saturated heterocycles. The molecule has 2 aromatic rings. The minimum absolute atomic E-state index is 0.184. The molecule has 0 bridgehead atoms. The fourth-order valence-electron chi connectivity index (χ4n) is 2.75. The Balaban J connectivity index is 1.55. The number of carbonyl (C=O) groups is 1. The number of ether oxygens (including phenoxy) is 1. The summed E-state index contributed by atoms with van der Waals surface area (Å²) in [7, 11) is 0. The van der Waals surface area contributed by atoms with Gasteiger partial charge in [-0.15, -0.1) is 0 Å². The van der Waals surface area contributed by atoms with Crippen molar-refractivity contribution in [2.75, 3.05) is 26.3 Å². The molecule has 0 radical (unpaired) electrons. The van der Waals surface area contributed by atoms with Gasteiger partial charge in [0.25, 0.3) is 5.91 Å². The molecule has 140 valence electrons. The third kappa shape index (κ3) is 4.84. The molecule has 1 N–H and O–H groups in total. The largest absolute Gasteiger partial charge is 0.417 e. The molecule has 0 atom stereocenters. The van der Waals surface area contributed by atoms with E-state index in [1.807, 2.05) is 24.3 Å². The van der Waals surface area contributed by atoms with Gasteiger partial charge in [-0.1, -0.05) is 24.3 Å². The lowest BCUT2D eigenvalue weighted by atomic mass is 10.1. The second-order valence-corrected chi connectivity index (χ2v) is 6.83. The predicted octanol–water partition coefficient (Wildman–Crippen LogP) is 3.53. The van der Waals surface area contributed by atoms with Crippen molar-refractivity contribution in [3.8, 4) is 0 Å². The number of alkyl halides is 3. The Kier molecular flexibility index (Phi) is 5.95. The molecule has 2 heterocycles. The highest BCUT2D eigenvalue weighted by molar-refractivity contribution is 7.08. The van der Waals surface area contributed by atoms with E-state index in [0.717, 1.165) is 60.7 Å². The summed E-state index contributed by atoms with van der Waals surface area (Å²) in [5, 5.41) is 4.73. The van der Waals surface area contributed by atoms with E-state index in [0.29, 0.717) is 0 Å². The van der Waals surface area contributed by atoms with Crippen LogP contribution in [0.15, 0.2) is 35.0 Å². The molecule has 4 nitrogen and oxygen atoms in total. The molecule has 1 amide bonds. The third-order valence-corrected chi connectivity index (χ3v) is 4.94. The molecule has 0 spiro atoms. The molecule has 26 heavy (non-hydrogen) atoms. The molecular formula is C18H19F3N2O2S. The van der Waals surface area contributed by atoms with Crippen molar-refractivity contribution >= 4 is 17.2 Å². The van der Waals surface area contributed by atoms with Crippen LogP contribution in [0, 0.1) is 0 Å². The van der Waals surface area contributed by atoms with Gasteiger partial charge in [0.15, 0.2) is 0 Å². The van der Waals surface area contributed by atoms with Crippen LogP contribution in [0.1, 0.15) is 27.0 Å². The van der Waals surface area contributed by atoms with Crippen LogP contribution in [0.3, 0.4) is 0 Å². The highest BCUT2D eigenvalue weighted by Crippen LogP contribution is 2.34. The number of thiophene rings is 1. The number of carbonyl (C=O) groups excluding carboxylic acids is 1. The zero-order valence-electron chi connectivity index (χ0n) is 14.0. The van der Waals surface area contributed by atoms with Crippen LogP contribution in [-0.2, 0) is 24.0 Å². The van der Waals surface area contributed by atoms with Crippen molar-refractivity contribution in [2.24, 2.45) is 0 Å². The van der Waals surface area contributed by atoms with Gasteiger partial charge in [0.1, 0.15) is 0 Å². The lowest BCUT2D eigenvalue weighted by molar-refractivity contribution is -0.137. The number of halogens is 3. The summed E-state index contributed by atoms with van der Waals surface area (Å²) in [5.74, 6) is -0.712. The Hall–Kier alpha value is -1.90. The fraction of sp³-hybridized carbons (Fsp3) is 0.389. The summed E-state index contributed by atoms with van der Waals surface area (Å²) in [4.78, 5) is 14.4. The van der Waals surface area contributed by atoms with E-state index in [9.17, 15) is 18.0 Å². The Labute approximate surface area is 153 Å².